The Kier molecular flexibility index (Phi) is 9.13. The number of hydrogen-bond donors (Lipinski definition) is 0. The van der Waals surface area contributed by atoms with E-state index >= 15 is 0 Å². The van der Waals surface area contributed by atoms with Crippen molar-refractivity contribution in [2.24, 2.45) is 0 Å². The average molecular weight is 777 g/mol. The fourth-order valence-corrected chi connectivity index (χ4v) is 9.83. The summed E-state index contributed by atoms with van der Waals surface area (Å²) in [5.74, 6) is 0. The Hall–Kier alpha value is -7.54. The molecule has 0 radical (unpaired) electrons. The summed E-state index contributed by atoms with van der Waals surface area (Å²) in [6.07, 6.45) is 7.68. The van der Waals surface area contributed by atoms with Crippen LogP contribution in [0.1, 0.15) is 25.8 Å². The third-order valence-corrected chi connectivity index (χ3v) is 12.7. The highest BCUT2D eigenvalue weighted by Crippen LogP contribution is 2.48. The molecule has 11 aromatic carbocycles. The minimum absolute atomic E-state index is 1.02. The van der Waals surface area contributed by atoms with E-state index in [1.807, 2.05) is 0 Å². The van der Waals surface area contributed by atoms with Crippen LogP contribution in [0.25, 0.3) is 115 Å². The first kappa shape index (κ1) is 36.5. The molecule has 288 valence electrons. The van der Waals surface area contributed by atoms with E-state index in [-0.39, 0.29) is 0 Å². The molecule has 0 heterocycles. The van der Waals surface area contributed by atoms with E-state index in [9.17, 15) is 0 Å². The van der Waals surface area contributed by atoms with Crippen molar-refractivity contribution in [3.05, 3.63) is 224 Å². The molecule has 0 unspecified atom stereocenters. The first-order chi connectivity index (χ1) is 30.2. The first-order valence-corrected chi connectivity index (χ1v) is 21.5. The molecule has 0 spiro atoms. The lowest BCUT2D eigenvalue weighted by molar-refractivity contribution is 1.22. The summed E-state index contributed by atoms with van der Waals surface area (Å²) in [6.45, 7) is 4.30. The molecule has 0 aliphatic heterocycles. The minimum Gasteiger partial charge on any atom is -0.0842 e. The van der Waals surface area contributed by atoms with Crippen molar-refractivity contribution in [2.45, 2.75) is 20.3 Å². The third kappa shape index (κ3) is 6.23. The van der Waals surface area contributed by atoms with E-state index in [1.54, 1.807) is 0 Å². The zero-order valence-electron chi connectivity index (χ0n) is 34.5. The summed E-state index contributed by atoms with van der Waals surface area (Å²) in [5, 5.41) is 15.0. The van der Waals surface area contributed by atoms with Gasteiger partial charge in [-0.3, -0.25) is 0 Å². The summed E-state index contributed by atoms with van der Waals surface area (Å²) < 4.78 is 0. The standard InChI is InChI=1S/C61H44/c1-3-5-16-40(4-2)43-27-31-44(32-28-43)58-50-21-10-12-23-52(50)60(53-24-13-11-22-51(53)58)49-35-36-56-57(39-49)61(48-34-30-42-18-7-9-20-46(42)38-48)55-26-15-14-25-54(55)59(56)47-33-29-41-17-6-8-19-45(41)37-47/h4-39H,3H2,1-2H3/b16-5-,40-4+. The lowest BCUT2D eigenvalue weighted by Gasteiger charge is -2.21. The van der Waals surface area contributed by atoms with Crippen molar-refractivity contribution in [3.63, 3.8) is 0 Å². The first-order valence-electron chi connectivity index (χ1n) is 21.5. The van der Waals surface area contributed by atoms with Crippen LogP contribution in [0.3, 0.4) is 0 Å². The lowest BCUT2D eigenvalue weighted by atomic mass is 9.82. The van der Waals surface area contributed by atoms with Crippen molar-refractivity contribution in [1.29, 1.82) is 0 Å². The summed E-state index contributed by atoms with van der Waals surface area (Å²) in [5.41, 5.74) is 12.4. The van der Waals surface area contributed by atoms with Gasteiger partial charge in [0.25, 0.3) is 0 Å². The largest absolute Gasteiger partial charge is 0.0842 e. The van der Waals surface area contributed by atoms with Crippen LogP contribution < -0.4 is 0 Å². The maximum atomic E-state index is 2.49. The second-order valence-electron chi connectivity index (χ2n) is 16.2. The van der Waals surface area contributed by atoms with Crippen LogP contribution >= 0.6 is 0 Å². The fourth-order valence-electron chi connectivity index (χ4n) is 9.83. The van der Waals surface area contributed by atoms with Crippen LogP contribution in [0.4, 0.5) is 0 Å². The topological polar surface area (TPSA) is 0 Å². The Bertz CT molecular complexity index is 3500. The summed E-state index contributed by atoms with van der Waals surface area (Å²) >= 11 is 0. The molecule has 11 aromatic rings. The molecule has 0 atom stereocenters. The quantitative estimate of drug-likeness (QED) is 0.112. The van der Waals surface area contributed by atoms with Gasteiger partial charge in [0, 0.05) is 0 Å². The third-order valence-electron chi connectivity index (χ3n) is 12.7. The van der Waals surface area contributed by atoms with E-state index in [0.717, 1.165) is 6.42 Å². The van der Waals surface area contributed by atoms with Crippen molar-refractivity contribution in [2.75, 3.05) is 0 Å². The van der Waals surface area contributed by atoms with E-state index in [2.05, 4.69) is 232 Å². The summed E-state index contributed by atoms with van der Waals surface area (Å²) in [6, 6.07) is 74.7. The second kappa shape index (κ2) is 15.2. The van der Waals surface area contributed by atoms with Crippen LogP contribution in [-0.2, 0) is 0 Å². The van der Waals surface area contributed by atoms with Gasteiger partial charge in [-0.1, -0.05) is 207 Å². The lowest BCUT2D eigenvalue weighted by Crippen LogP contribution is -1.94. The molecule has 0 aliphatic rings. The molecule has 61 heavy (non-hydrogen) atoms. The number of hydrogen-bond acceptors (Lipinski definition) is 0. The Morgan fingerprint density at radius 1 is 0.344 bits per heavy atom. The van der Waals surface area contributed by atoms with Crippen LogP contribution in [0.5, 0.6) is 0 Å². The number of benzene rings is 11. The van der Waals surface area contributed by atoms with E-state index < -0.39 is 0 Å². The SMILES string of the molecule is C/C=C(\C=C/CC)c1ccc(-c2c3ccccc3c(-c3ccc4c(-c5ccc6ccccc6c5)c5ccccc5c(-c5ccc6ccccc6c5)c4c3)c3ccccc23)cc1. The maximum Gasteiger partial charge on any atom is -0.00259 e. The number of rotatable bonds is 7. The molecule has 0 aliphatic carbocycles. The molecule has 0 fully saturated rings. The fraction of sp³-hybridized carbons (Fsp3) is 0.0492. The normalized spacial score (nSPS) is 12.2. The van der Waals surface area contributed by atoms with Crippen LogP contribution in [0.2, 0.25) is 0 Å². The average Bonchev–Trinajstić information content (AvgIpc) is 3.32. The predicted octanol–water partition coefficient (Wildman–Crippen LogP) is 17.6. The second-order valence-corrected chi connectivity index (χ2v) is 16.2. The molecule has 0 N–H and O–H groups in total. The molecule has 0 saturated heterocycles. The van der Waals surface area contributed by atoms with E-state index in [4.69, 9.17) is 0 Å². The molecule has 0 bridgehead atoms. The zero-order valence-corrected chi connectivity index (χ0v) is 34.5. The number of fused-ring (bicyclic) bond motifs is 6. The molecule has 11 rings (SSSR count). The highest BCUT2D eigenvalue weighted by Gasteiger charge is 2.21. The molecule has 0 heteroatoms. The van der Waals surface area contributed by atoms with Crippen molar-refractivity contribution < 1.29 is 0 Å². The van der Waals surface area contributed by atoms with E-state index in [0.29, 0.717) is 0 Å². The van der Waals surface area contributed by atoms with Crippen molar-refractivity contribution in [1.82, 2.24) is 0 Å². The smallest absolute Gasteiger partial charge is 0.00259 e. The summed E-state index contributed by atoms with van der Waals surface area (Å²) in [4.78, 5) is 0. The van der Waals surface area contributed by atoms with Crippen LogP contribution in [0.15, 0.2) is 218 Å². The number of allylic oxidation sites excluding steroid dienone is 4. The van der Waals surface area contributed by atoms with Crippen LogP contribution in [-0.4, -0.2) is 0 Å². The minimum atomic E-state index is 1.02. The van der Waals surface area contributed by atoms with Crippen molar-refractivity contribution >= 4 is 70.2 Å². The van der Waals surface area contributed by atoms with Gasteiger partial charge >= 0.3 is 0 Å². The van der Waals surface area contributed by atoms with Crippen LogP contribution in [0, 0.1) is 0 Å². The Morgan fingerprint density at radius 2 is 0.705 bits per heavy atom. The molecule has 0 saturated carbocycles. The predicted molar refractivity (Wildman–Crippen MR) is 266 cm³/mol. The van der Waals surface area contributed by atoms with Crippen molar-refractivity contribution in [3.8, 4) is 44.5 Å². The van der Waals surface area contributed by atoms with Gasteiger partial charge in [-0.15, -0.1) is 0 Å². The molecular formula is C61H44. The van der Waals surface area contributed by atoms with Gasteiger partial charge in [0.1, 0.15) is 0 Å². The monoisotopic (exact) mass is 776 g/mol. The Balaban J connectivity index is 1.20. The molecule has 0 amide bonds. The molecule has 0 nitrogen and oxygen atoms in total. The highest BCUT2D eigenvalue weighted by molar-refractivity contribution is 6.25. The summed E-state index contributed by atoms with van der Waals surface area (Å²) in [7, 11) is 0. The van der Waals surface area contributed by atoms with Gasteiger partial charge in [0.15, 0.2) is 0 Å². The van der Waals surface area contributed by atoms with Gasteiger partial charge in [-0.05, 0) is 152 Å². The Morgan fingerprint density at radius 3 is 1.16 bits per heavy atom. The molecule has 0 aromatic heterocycles. The van der Waals surface area contributed by atoms with E-state index in [1.165, 1.54) is 120 Å². The van der Waals surface area contributed by atoms with Gasteiger partial charge in [0.05, 0.1) is 0 Å². The molecular weight excluding hydrogens is 733 g/mol. The maximum absolute atomic E-state index is 2.49. The van der Waals surface area contributed by atoms with Gasteiger partial charge < -0.3 is 0 Å². The van der Waals surface area contributed by atoms with Gasteiger partial charge in [0.2, 0.25) is 0 Å². The Labute approximate surface area is 357 Å². The highest BCUT2D eigenvalue weighted by atomic mass is 14.2. The van der Waals surface area contributed by atoms with Gasteiger partial charge in [-0.2, -0.15) is 0 Å². The van der Waals surface area contributed by atoms with Gasteiger partial charge in [-0.25, -0.2) is 0 Å². The zero-order chi connectivity index (χ0) is 40.9.